The number of aryl methyl sites for hydroxylation is 3. The van der Waals surface area contributed by atoms with Gasteiger partial charge in [-0.1, -0.05) is 37.1 Å². The number of aliphatic carboxylic acids is 1. The molecule has 1 aromatic heterocycles. The molecule has 0 radical (unpaired) electrons. The minimum atomic E-state index is -0.682. The minimum Gasteiger partial charge on any atom is -0.493 e. The van der Waals surface area contributed by atoms with Gasteiger partial charge in [-0.3, -0.25) is 4.79 Å². The van der Waals surface area contributed by atoms with Crippen molar-refractivity contribution in [3.8, 4) is 17.2 Å². The van der Waals surface area contributed by atoms with Gasteiger partial charge in [-0.25, -0.2) is 4.98 Å². The fraction of sp³-hybridized carbons (Fsp3) is 0.407. The molecular formula is C27H31NO4. The maximum Gasteiger partial charge on any atom is 0.307 e. The Morgan fingerprint density at radius 1 is 1.22 bits per heavy atom. The second kappa shape index (κ2) is 9.60. The number of carboxylic acids is 1. The Labute approximate surface area is 189 Å². The first-order valence-electron chi connectivity index (χ1n) is 11.5. The molecule has 1 heterocycles. The highest BCUT2D eigenvalue weighted by molar-refractivity contribution is 5.72. The van der Waals surface area contributed by atoms with Gasteiger partial charge >= 0.3 is 5.97 Å². The van der Waals surface area contributed by atoms with Crippen LogP contribution < -0.4 is 4.74 Å². The highest BCUT2D eigenvalue weighted by Gasteiger charge is 2.33. The summed E-state index contributed by atoms with van der Waals surface area (Å²) in [5, 5.41) is 9.64. The molecule has 1 N–H and O–H groups in total. The lowest BCUT2D eigenvalue weighted by Gasteiger charge is -2.20. The molecule has 2 aromatic carbocycles. The summed E-state index contributed by atoms with van der Waals surface area (Å²) in [4.78, 5) is 16.4. The predicted octanol–water partition coefficient (Wildman–Crippen LogP) is 6.11. The van der Waals surface area contributed by atoms with Gasteiger partial charge in [0.15, 0.2) is 0 Å². The molecule has 1 aliphatic carbocycles. The molecule has 2 atom stereocenters. The standard InChI is InChI=1S/C27H31NO4/c1-4-5-24(27(29)30)23-12-10-20-16-21(11-13-22(20)23)31-15-14-25-18(3)32-26(28-25)19-8-6-17(2)7-9-19/h6-9,11,13,16,23-24H,4-5,10,12,14-15H2,1-3H3,(H,29,30)/t23-,24+/m0/s1. The van der Waals surface area contributed by atoms with Crippen LogP contribution in [0.2, 0.25) is 0 Å². The Bertz CT molecular complexity index is 1080. The van der Waals surface area contributed by atoms with Crippen molar-refractivity contribution in [1.82, 2.24) is 4.98 Å². The number of benzene rings is 2. The zero-order valence-corrected chi connectivity index (χ0v) is 19.1. The molecule has 4 rings (SSSR count). The molecule has 0 fully saturated rings. The van der Waals surface area contributed by atoms with Crippen LogP contribution in [0.1, 0.15) is 60.2 Å². The van der Waals surface area contributed by atoms with E-state index in [0.29, 0.717) is 18.9 Å². The summed E-state index contributed by atoms with van der Waals surface area (Å²) in [6, 6.07) is 14.3. The van der Waals surface area contributed by atoms with Crippen molar-refractivity contribution in [1.29, 1.82) is 0 Å². The number of ether oxygens (including phenoxy) is 1. The summed E-state index contributed by atoms with van der Waals surface area (Å²) in [6.45, 7) is 6.55. The van der Waals surface area contributed by atoms with E-state index in [-0.39, 0.29) is 11.8 Å². The Kier molecular flexibility index (Phi) is 6.63. The molecule has 1 aliphatic rings. The second-order valence-electron chi connectivity index (χ2n) is 8.73. The van der Waals surface area contributed by atoms with E-state index in [1.54, 1.807) is 0 Å². The first kappa shape index (κ1) is 22.1. The topological polar surface area (TPSA) is 72.6 Å². The lowest BCUT2D eigenvalue weighted by molar-refractivity contribution is -0.142. The number of carbonyl (C=O) groups is 1. The summed E-state index contributed by atoms with van der Waals surface area (Å²) in [7, 11) is 0. The molecule has 32 heavy (non-hydrogen) atoms. The Hall–Kier alpha value is -3.08. The minimum absolute atomic E-state index is 0.106. The van der Waals surface area contributed by atoms with Gasteiger partial charge in [0, 0.05) is 12.0 Å². The van der Waals surface area contributed by atoms with Gasteiger partial charge in [0.25, 0.3) is 0 Å². The van der Waals surface area contributed by atoms with Gasteiger partial charge in [-0.15, -0.1) is 0 Å². The van der Waals surface area contributed by atoms with Gasteiger partial charge in [0.05, 0.1) is 18.2 Å². The van der Waals surface area contributed by atoms with Crippen LogP contribution in [0.25, 0.3) is 11.5 Å². The number of oxazole rings is 1. The van der Waals surface area contributed by atoms with E-state index >= 15 is 0 Å². The van der Waals surface area contributed by atoms with Crippen LogP contribution in [0.5, 0.6) is 5.75 Å². The molecule has 168 valence electrons. The summed E-state index contributed by atoms with van der Waals surface area (Å²) in [5.74, 6) is 1.41. The quantitative estimate of drug-likeness (QED) is 0.441. The largest absolute Gasteiger partial charge is 0.493 e. The van der Waals surface area contributed by atoms with E-state index < -0.39 is 5.97 Å². The first-order chi connectivity index (χ1) is 15.5. The number of fused-ring (bicyclic) bond motifs is 1. The lowest BCUT2D eigenvalue weighted by Crippen LogP contribution is -2.20. The number of hydrogen-bond donors (Lipinski definition) is 1. The molecule has 0 saturated carbocycles. The highest BCUT2D eigenvalue weighted by atomic mass is 16.5. The van der Waals surface area contributed by atoms with Gasteiger partial charge in [-0.2, -0.15) is 0 Å². The average Bonchev–Trinajstić information content (AvgIpc) is 3.35. The third-order valence-electron chi connectivity index (χ3n) is 6.44. The summed E-state index contributed by atoms with van der Waals surface area (Å²) >= 11 is 0. The van der Waals surface area contributed by atoms with Crippen LogP contribution >= 0.6 is 0 Å². The number of hydrogen-bond acceptors (Lipinski definition) is 4. The molecule has 0 unspecified atom stereocenters. The number of rotatable bonds is 9. The molecule has 0 bridgehead atoms. The van der Waals surface area contributed by atoms with Crippen LogP contribution in [-0.4, -0.2) is 22.7 Å². The normalized spacial score (nSPS) is 16.0. The van der Waals surface area contributed by atoms with E-state index in [0.717, 1.165) is 48.5 Å². The van der Waals surface area contributed by atoms with Crippen LogP contribution in [0, 0.1) is 19.8 Å². The van der Waals surface area contributed by atoms with Crippen molar-refractivity contribution >= 4 is 5.97 Å². The van der Waals surface area contributed by atoms with Gasteiger partial charge in [0.1, 0.15) is 11.5 Å². The molecule has 0 saturated heterocycles. The summed E-state index contributed by atoms with van der Waals surface area (Å²) in [5.41, 5.74) is 5.48. The van der Waals surface area contributed by atoms with E-state index in [4.69, 9.17) is 9.15 Å². The van der Waals surface area contributed by atoms with Crippen molar-refractivity contribution in [2.75, 3.05) is 6.61 Å². The van der Waals surface area contributed by atoms with Crippen molar-refractivity contribution < 1.29 is 19.1 Å². The zero-order chi connectivity index (χ0) is 22.7. The van der Waals surface area contributed by atoms with Crippen molar-refractivity contribution in [3.63, 3.8) is 0 Å². The number of carboxylic acid groups (broad SMARTS) is 1. The third-order valence-corrected chi connectivity index (χ3v) is 6.44. The van der Waals surface area contributed by atoms with Crippen LogP contribution in [0.3, 0.4) is 0 Å². The number of nitrogens with zero attached hydrogens (tertiary/aromatic N) is 1. The fourth-order valence-electron chi connectivity index (χ4n) is 4.69. The van der Waals surface area contributed by atoms with Gasteiger partial charge in [-0.05, 0) is 74.4 Å². The molecule has 0 amide bonds. The SMILES string of the molecule is CCC[C@@H](C(=O)O)[C@H]1CCc2cc(OCCc3nc(-c4ccc(C)cc4)oc3C)ccc21. The number of aromatic nitrogens is 1. The molecule has 0 aliphatic heterocycles. The smallest absolute Gasteiger partial charge is 0.307 e. The second-order valence-corrected chi connectivity index (χ2v) is 8.73. The Balaban J connectivity index is 1.38. The van der Waals surface area contributed by atoms with Gasteiger partial charge < -0.3 is 14.3 Å². The molecule has 5 heteroatoms. The fourth-order valence-corrected chi connectivity index (χ4v) is 4.69. The van der Waals surface area contributed by atoms with Crippen molar-refractivity contribution in [2.45, 2.75) is 58.8 Å². The van der Waals surface area contributed by atoms with E-state index in [1.165, 1.54) is 16.7 Å². The molecule has 5 nitrogen and oxygen atoms in total. The summed E-state index contributed by atoms with van der Waals surface area (Å²) < 4.78 is 11.9. The van der Waals surface area contributed by atoms with Crippen LogP contribution in [0.15, 0.2) is 46.9 Å². The Morgan fingerprint density at radius 3 is 2.72 bits per heavy atom. The zero-order valence-electron chi connectivity index (χ0n) is 19.1. The Morgan fingerprint density at radius 2 is 2.00 bits per heavy atom. The maximum atomic E-state index is 11.7. The molecule has 0 spiro atoms. The van der Waals surface area contributed by atoms with E-state index in [1.807, 2.05) is 32.0 Å². The van der Waals surface area contributed by atoms with E-state index in [9.17, 15) is 9.90 Å². The van der Waals surface area contributed by atoms with Gasteiger partial charge in [0.2, 0.25) is 5.89 Å². The first-order valence-corrected chi connectivity index (χ1v) is 11.5. The van der Waals surface area contributed by atoms with Crippen molar-refractivity contribution in [2.24, 2.45) is 5.92 Å². The lowest BCUT2D eigenvalue weighted by atomic mass is 9.84. The summed E-state index contributed by atoms with van der Waals surface area (Å²) in [6.07, 6.45) is 4.08. The van der Waals surface area contributed by atoms with Crippen molar-refractivity contribution in [3.05, 3.63) is 70.6 Å². The monoisotopic (exact) mass is 433 g/mol. The van der Waals surface area contributed by atoms with E-state index in [2.05, 4.69) is 36.2 Å². The average molecular weight is 434 g/mol. The predicted molar refractivity (Wildman–Crippen MR) is 124 cm³/mol. The van der Waals surface area contributed by atoms with Crippen LogP contribution in [0.4, 0.5) is 0 Å². The molecule has 3 aromatic rings. The highest BCUT2D eigenvalue weighted by Crippen LogP contribution is 2.41. The molecular weight excluding hydrogens is 402 g/mol. The maximum absolute atomic E-state index is 11.7. The van der Waals surface area contributed by atoms with Crippen LogP contribution in [-0.2, 0) is 17.6 Å². The third kappa shape index (κ3) is 4.72.